The van der Waals surface area contributed by atoms with Gasteiger partial charge in [-0.25, -0.2) is 0 Å². The number of carbonyl (C=O) groups is 2. The van der Waals surface area contributed by atoms with Crippen LogP contribution in [-0.2, 0) is 9.53 Å². The van der Waals surface area contributed by atoms with E-state index in [4.69, 9.17) is 4.74 Å². The molecule has 0 aromatic heterocycles. The predicted molar refractivity (Wildman–Crippen MR) is 106 cm³/mol. The van der Waals surface area contributed by atoms with Crippen LogP contribution in [0.5, 0.6) is 0 Å². The third-order valence-corrected chi connectivity index (χ3v) is 4.54. The summed E-state index contributed by atoms with van der Waals surface area (Å²) in [5, 5.41) is 5.99. The van der Waals surface area contributed by atoms with Gasteiger partial charge in [-0.15, -0.1) is 0 Å². The summed E-state index contributed by atoms with van der Waals surface area (Å²) >= 11 is 0. The van der Waals surface area contributed by atoms with Crippen LogP contribution in [0.15, 0.2) is 42.5 Å². The van der Waals surface area contributed by atoms with Crippen molar-refractivity contribution in [2.24, 2.45) is 0 Å². The summed E-state index contributed by atoms with van der Waals surface area (Å²) in [6, 6.07) is 13.0. The number of morpholine rings is 1. The van der Waals surface area contributed by atoms with Crippen LogP contribution in [0.4, 0.5) is 11.4 Å². The Labute approximate surface area is 159 Å². The maximum absolute atomic E-state index is 12.4. The minimum atomic E-state index is -0.137. The van der Waals surface area contributed by atoms with Crippen molar-refractivity contribution in [2.75, 3.05) is 43.5 Å². The Morgan fingerprint density at radius 1 is 1.04 bits per heavy atom. The van der Waals surface area contributed by atoms with Crippen molar-refractivity contribution in [1.82, 2.24) is 4.90 Å². The quantitative estimate of drug-likeness (QED) is 0.853. The van der Waals surface area contributed by atoms with E-state index in [0.29, 0.717) is 37.6 Å². The van der Waals surface area contributed by atoms with Crippen LogP contribution in [0, 0.1) is 13.8 Å². The molecule has 1 aliphatic rings. The van der Waals surface area contributed by atoms with Gasteiger partial charge >= 0.3 is 0 Å². The summed E-state index contributed by atoms with van der Waals surface area (Å²) in [4.78, 5) is 26.4. The highest BCUT2D eigenvalue weighted by Gasteiger charge is 2.18. The van der Waals surface area contributed by atoms with Crippen LogP contribution in [0.1, 0.15) is 21.5 Å². The van der Waals surface area contributed by atoms with E-state index in [1.165, 1.54) is 5.56 Å². The van der Waals surface area contributed by atoms with Crippen molar-refractivity contribution >= 4 is 23.2 Å². The fraction of sp³-hybridized carbons (Fsp3) is 0.333. The molecule has 2 N–H and O–H groups in total. The Bertz CT molecular complexity index is 812. The van der Waals surface area contributed by atoms with Gasteiger partial charge in [-0.3, -0.25) is 9.59 Å². The van der Waals surface area contributed by atoms with E-state index in [9.17, 15) is 9.59 Å². The van der Waals surface area contributed by atoms with E-state index in [1.807, 2.05) is 26.0 Å². The average Bonchev–Trinajstić information content (AvgIpc) is 2.68. The third-order valence-electron chi connectivity index (χ3n) is 4.54. The molecule has 27 heavy (non-hydrogen) atoms. The second-order valence-electron chi connectivity index (χ2n) is 6.70. The summed E-state index contributed by atoms with van der Waals surface area (Å²) in [6.45, 7) is 6.61. The van der Waals surface area contributed by atoms with Crippen molar-refractivity contribution < 1.29 is 14.3 Å². The lowest BCUT2D eigenvalue weighted by Crippen LogP contribution is -2.40. The van der Waals surface area contributed by atoms with Crippen LogP contribution < -0.4 is 10.6 Å². The smallest absolute Gasteiger partial charge is 0.254 e. The van der Waals surface area contributed by atoms with Gasteiger partial charge in [0.05, 0.1) is 19.8 Å². The first-order valence-electron chi connectivity index (χ1n) is 9.11. The number of rotatable bonds is 5. The molecule has 0 radical (unpaired) electrons. The van der Waals surface area contributed by atoms with E-state index in [2.05, 4.69) is 16.7 Å². The minimum absolute atomic E-state index is 0.00677. The summed E-state index contributed by atoms with van der Waals surface area (Å²) in [7, 11) is 0. The molecule has 3 rings (SSSR count). The van der Waals surface area contributed by atoms with Crippen molar-refractivity contribution in [3.63, 3.8) is 0 Å². The Kier molecular flexibility index (Phi) is 6.08. The fourth-order valence-corrected chi connectivity index (χ4v) is 3.04. The first kappa shape index (κ1) is 18.9. The molecule has 0 bridgehead atoms. The Hall–Kier alpha value is -2.86. The number of hydrogen-bond acceptors (Lipinski definition) is 4. The van der Waals surface area contributed by atoms with Gasteiger partial charge in [-0.2, -0.15) is 0 Å². The monoisotopic (exact) mass is 367 g/mol. The molecule has 1 saturated heterocycles. The van der Waals surface area contributed by atoms with E-state index in [0.717, 1.165) is 11.3 Å². The number of nitrogens with zero attached hydrogens (tertiary/aromatic N) is 1. The number of carbonyl (C=O) groups excluding carboxylic acids is 2. The Morgan fingerprint density at radius 3 is 2.41 bits per heavy atom. The summed E-state index contributed by atoms with van der Waals surface area (Å²) in [5.41, 5.74) is 4.52. The molecule has 2 amide bonds. The third kappa shape index (κ3) is 5.08. The molecule has 142 valence electrons. The summed E-state index contributed by atoms with van der Waals surface area (Å²) in [6.07, 6.45) is 0. The van der Waals surface area contributed by atoms with Gasteiger partial charge < -0.3 is 20.3 Å². The van der Waals surface area contributed by atoms with Gasteiger partial charge in [0.25, 0.3) is 5.91 Å². The number of anilines is 2. The maximum atomic E-state index is 12.4. The number of ether oxygens (including phenoxy) is 1. The first-order valence-corrected chi connectivity index (χ1v) is 9.11. The number of aryl methyl sites for hydroxylation is 2. The van der Waals surface area contributed by atoms with Gasteiger partial charge in [0, 0.05) is 30.0 Å². The predicted octanol–water partition coefficient (Wildman–Crippen LogP) is 2.83. The van der Waals surface area contributed by atoms with Crippen LogP contribution in [-0.4, -0.2) is 49.6 Å². The summed E-state index contributed by atoms with van der Waals surface area (Å²) < 4.78 is 5.27. The first-order chi connectivity index (χ1) is 13.0. The highest BCUT2D eigenvalue weighted by atomic mass is 16.5. The van der Waals surface area contributed by atoms with E-state index in [-0.39, 0.29) is 18.4 Å². The second-order valence-corrected chi connectivity index (χ2v) is 6.70. The van der Waals surface area contributed by atoms with Crippen molar-refractivity contribution in [1.29, 1.82) is 0 Å². The lowest BCUT2D eigenvalue weighted by atomic mass is 10.1. The van der Waals surface area contributed by atoms with Crippen LogP contribution in [0.2, 0.25) is 0 Å². The summed E-state index contributed by atoms with van der Waals surface area (Å²) in [5.74, 6) is -0.144. The highest BCUT2D eigenvalue weighted by molar-refractivity contribution is 5.96. The highest BCUT2D eigenvalue weighted by Crippen LogP contribution is 2.16. The van der Waals surface area contributed by atoms with Gasteiger partial charge in [0.1, 0.15) is 0 Å². The molecule has 2 aromatic carbocycles. The zero-order valence-electron chi connectivity index (χ0n) is 15.7. The molecule has 1 heterocycles. The van der Waals surface area contributed by atoms with E-state index in [1.54, 1.807) is 29.2 Å². The molecule has 0 saturated carbocycles. The molecule has 0 atom stereocenters. The molecule has 0 aliphatic carbocycles. The van der Waals surface area contributed by atoms with E-state index < -0.39 is 0 Å². The molecule has 6 nitrogen and oxygen atoms in total. The van der Waals surface area contributed by atoms with Crippen molar-refractivity contribution in [3.8, 4) is 0 Å². The molecule has 1 fully saturated rings. The molecule has 0 unspecified atom stereocenters. The zero-order chi connectivity index (χ0) is 19.2. The SMILES string of the molecule is Cc1ccc(NCC(=O)Nc2ccc(C(=O)N3CCOCC3)cc2)c(C)c1. The standard InChI is InChI=1S/C21H25N3O3/c1-15-3-8-19(16(2)13-15)22-14-20(25)23-18-6-4-17(5-7-18)21(26)24-9-11-27-12-10-24/h3-8,13,22H,9-12,14H2,1-2H3,(H,23,25). The van der Waals surface area contributed by atoms with Gasteiger partial charge in [0.15, 0.2) is 0 Å². The van der Waals surface area contributed by atoms with Crippen LogP contribution in [0.3, 0.4) is 0 Å². The lowest BCUT2D eigenvalue weighted by Gasteiger charge is -2.26. The number of amides is 2. The minimum Gasteiger partial charge on any atom is -0.378 e. The van der Waals surface area contributed by atoms with Crippen LogP contribution >= 0.6 is 0 Å². The van der Waals surface area contributed by atoms with Gasteiger partial charge in [0.2, 0.25) is 5.91 Å². The molecule has 0 spiro atoms. The molecular formula is C21H25N3O3. The average molecular weight is 367 g/mol. The Balaban J connectivity index is 1.52. The maximum Gasteiger partial charge on any atom is 0.254 e. The largest absolute Gasteiger partial charge is 0.378 e. The molecule has 1 aliphatic heterocycles. The number of nitrogens with one attached hydrogen (secondary N) is 2. The molecule has 6 heteroatoms. The fourth-order valence-electron chi connectivity index (χ4n) is 3.04. The zero-order valence-corrected chi connectivity index (χ0v) is 15.7. The second kappa shape index (κ2) is 8.68. The normalized spacial score (nSPS) is 13.9. The number of hydrogen-bond donors (Lipinski definition) is 2. The topological polar surface area (TPSA) is 70.7 Å². The van der Waals surface area contributed by atoms with Crippen LogP contribution in [0.25, 0.3) is 0 Å². The Morgan fingerprint density at radius 2 is 1.74 bits per heavy atom. The molecule has 2 aromatic rings. The van der Waals surface area contributed by atoms with Gasteiger partial charge in [-0.05, 0) is 49.7 Å². The van der Waals surface area contributed by atoms with E-state index >= 15 is 0 Å². The molecular weight excluding hydrogens is 342 g/mol. The number of benzene rings is 2. The van der Waals surface area contributed by atoms with Crippen molar-refractivity contribution in [2.45, 2.75) is 13.8 Å². The lowest BCUT2D eigenvalue weighted by molar-refractivity contribution is -0.114. The van der Waals surface area contributed by atoms with Gasteiger partial charge in [-0.1, -0.05) is 17.7 Å². The van der Waals surface area contributed by atoms with Crippen molar-refractivity contribution in [3.05, 3.63) is 59.2 Å².